The number of hydrogen-bond donors (Lipinski definition) is 0. The molecule has 4 rings (SSSR count). The Morgan fingerprint density at radius 3 is 2.61 bits per heavy atom. The van der Waals surface area contributed by atoms with E-state index in [-0.39, 0.29) is 11.7 Å². The molecule has 1 saturated heterocycles. The molecular weight excluding hydrogens is 352 g/mol. The van der Waals surface area contributed by atoms with Crippen LogP contribution in [0.2, 0.25) is 0 Å². The lowest BCUT2D eigenvalue weighted by molar-refractivity contribution is -0.454. The zero-order chi connectivity index (χ0) is 19.5. The summed E-state index contributed by atoms with van der Waals surface area (Å²) < 4.78 is 13.0. The lowest BCUT2D eigenvalue weighted by Gasteiger charge is -2.13. The van der Waals surface area contributed by atoms with Crippen LogP contribution in [-0.2, 0) is 6.42 Å². The van der Waals surface area contributed by atoms with Crippen molar-refractivity contribution < 1.29 is 18.8 Å². The summed E-state index contributed by atoms with van der Waals surface area (Å²) in [6.45, 7) is 4.64. The second-order valence-electron chi connectivity index (χ2n) is 7.77. The molecule has 1 aliphatic carbocycles. The zero-order valence-electron chi connectivity index (χ0n) is 16.8. The molecule has 1 fully saturated rings. The van der Waals surface area contributed by atoms with Crippen molar-refractivity contribution in [3.8, 4) is 11.5 Å². The summed E-state index contributed by atoms with van der Waals surface area (Å²) in [6, 6.07) is 3.76. The van der Waals surface area contributed by atoms with Crippen molar-refractivity contribution in [2.75, 3.05) is 40.4 Å². The third-order valence-electron chi connectivity index (χ3n) is 5.98. The first-order valence-corrected chi connectivity index (χ1v) is 10.2. The molecule has 148 valence electrons. The molecule has 3 aliphatic rings. The predicted octanol–water partition coefficient (Wildman–Crippen LogP) is 3.08. The van der Waals surface area contributed by atoms with E-state index in [9.17, 15) is 4.79 Å². The topological polar surface area (TPSA) is 41.8 Å². The Morgan fingerprint density at radius 1 is 1.18 bits per heavy atom. The van der Waals surface area contributed by atoms with E-state index in [1.165, 1.54) is 31.5 Å². The maximum absolute atomic E-state index is 12.9. The molecule has 1 atom stereocenters. The quantitative estimate of drug-likeness (QED) is 0.710. The zero-order valence-corrected chi connectivity index (χ0v) is 16.8. The van der Waals surface area contributed by atoms with Gasteiger partial charge in [0.2, 0.25) is 0 Å². The summed E-state index contributed by atoms with van der Waals surface area (Å²) in [5.74, 6) is 1.37. The standard InChI is InChI=1S/C23H29N2O3/c1-27-21-15-18-14-19(23(26)20(18)16-22(21)28-2)13-17-5-9-25(10-6-17)12-11-24-7-3-4-8-24/h5,9-10,13,15-16,19H,3-4,6-8,11-12,14H2,1-2H3/q+1. The number of methoxy groups -OCH3 is 2. The Bertz CT molecular complexity index is 848. The van der Waals surface area contributed by atoms with E-state index >= 15 is 0 Å². The molecule has 2 aliphatic heterocycles. The smallest absolute Gasteiger partial charge is 0.170 e. The number of likely N-dealkylation sites (tertiary alicyclic amines) is 1. The lowest BCUT2D eigenvalue weighted by Crippen LogP contribution is -2.27. The summed E-state index contributed by atoms with van der Waals surface area (Å²) in [4.78, 5) is 15.4. The first-order valence-electron chi connectivity index (χ1n) is 10.2. The highest BCUT2D eigenvalue weighted by Gasteiger charge is 2.31. The fourth-order valence-electron chi connectivity index (χ4n) is 4.34. The van der Waals surface area contributed by atoms with Gasteiger partial charge >= 0.3 is 0 Å². The number of benzene rings is 1. The van der Waals surface area contributed by atoms with Crippen LogP contribution in [-0.4, -0.2) is 61.9 Å². The highest BCUT2D eigenvalue weighted by atomic mass is 16.5. The van der Waals surface area contributed by atoms with Crippen LogP contribution in [0.1, 0.15) is 35.2 Å². The summed E-state index contributed by atoms with van der Waals surface area (Å²) in [5, 5.41) is 0. The molecule has 0 amide bonds. The summed E-state index contributed by atoms with van der Waals surface area (Å²) in [5.41, 5.74) is 3.01. The number of allylic oxidation sites excluding steroid dienone is 3. The van der Waals surface area contributed by atoms with Crippen molar-refractivity contribution in [2.24, 2.45) is 5.92 Å². The average molecular weight is 381 g/mol. The Balaban J connectivity index is 1.40. The molecule has 1 unspecified atom stereocenters. The highest BCUT2D eigenvalue weighted by molar-refractivity contribution is 6.04. The van der Waals surface area contributed by atoms with Crippen LogP contribution in [0.5, 0.6) is 11.5 Å². The molecule has 0 aromatic heterocycles. The van der Waals surface area contributed by atoms with Crippen LogP contribution >= 0.6 is 0 Å². The summed E-state index contributed by atoms with van der Waals surface area (Å²) in [7, 11) is 3.22. The Kier molecular flexibility index (Phi) is 5.62. The molecular formula is C23H29N2O3+. The summed E-state index contributed by atoms with van der Waals surface area (Å²) >= 11 is 0. The molecule has 1 aromatic carbocycles. The number of fused-ring (bicyclic) bond motifs is 1. The number of carbonyl (C=O) groups excluding carboxylic acids is 1. The van der Waals surface area contributed by atoms with Crippen LogP contribution in [0.4, 0.5) is 0 Å². The maximum Gasteiger partial charge on any atom is 0.170 e. The van der Waals surface area contributed by atoms with Gasteiger partial charge in [-0.2, -0.15) is 0 Å². The molecule has 0 N–H and O–H groups in total. The molecule has 5 nitrogen and oxygen atoms in total. The maximum atomic E-state index is 12.9. The number of ketones is 1. The molecule has 0 bridgehead atoms. The van der Waals surface area contributed by atoms with Crippen LogP contribution in [0.3, 0.4) is 0 Å². The molecule has 2 heterocycles. The number of nitrogens with zero attached hydrogens (tertiary/aromatic N) is 2. The first-order chi connectivity index (χ1) is 13.7. The normalized spacial score (nSPS) is 23.2. The van der Waals surface area contributed by atoms with E-state index < -0.39 is 0 Å². The third kappa shape index (κ3) is 3.90. The second kappa shape index (κ2) is 8.31. The van der Waals surface area contributed by atoms with E-state index in [4.69, 9.17) is 9.47 Å². The Morgan fingerprint density at radius 2 is 1.93 bits per heavy atom. The average Bonchev–Trinajstić information content (AvgIpc) is 3.35. The SMILES string of the molecule is COc1cc2c(cc1OC)C(=O)C(C=C1C=C[N+](CCN3CCCC3)=CC1)C2. The van der Waals surface area contributed by atoms with Crippen LogP contribution in [0.25, 0.3) is 0 Å². The number of carbonyl (C=O) groups is 1. The van der Waals surface area contributed by atoms with Crippen molar-refractivity contribution in [1.29, 1.82) is 0 Å². The van der Waals surface area contributed by atoms with Gasteiger partial charge in [0.25, 0.3) is 0 Å². The predicted molar refractivity (Wildman–Crippen MR) is 110 cm³/mol. The van der Waals surface area contributed by atoms with E-state index in [0.717, 1.165) is 37.1 Å². The largest absolute Gasteiger partial charge is 0.493 e. The molecule has 0 saturated carbocycles. The van der Waals surface area contributed by atoms with Crippen molar-refractivity contribution in [2.45, 2.75) is 25.7 Å². The number of rotatable bonds is 6. The van der Waals surface area contributed by atoms with Gasteiger partial charge in [-0.25, -0.2) is 4.58 Å². The van der Waals surface area contributed by atoms with Gasteiger partial charge in [0.1, 0.15) is 6.21 Å². The molecule has 28 heavy (non-hydrogen) atoms. The summed E-state index contributed by atoms with van der Waals surface area (Å²) in [6.07, 6.45) is 12.9. The fourth-order valence-corrected chi connectivity index (χ4v) is 4.34. The lowest BCUT2D eigenvalue weighted by atomic mass is 9.99. The van der Waals surface area contributed by atoms with Gasteiger partial charge in [-0.1, -0.05) is 6.08 Å². The van der Waals surface area contributed by atoms with Crippen molar-refractivity contribution in [3.63, 3.8) is 0 Å². The van der Waals surface area contributed by atoms with Gasteiger partial charge in [-0.15, -0.1) is 0 Å². The van der Waals surface area contributed by atoms with Crippen LogP contribution in [0, 0.1) is 5.92 Å². The highest BCUT2D eigenvalue weighted by Crippen LogP contribution is 2.37. The Labute approximate surface area is 166 Å². The minimum Gasteiger partial charge on any atom is -0.493 e. The van der Waals surface area contributed by atoms with Gasteiger partial charge in [-0.3, -0.25) is 9.69 Å². The first kappa shape index (κ1) is 18.9. The van der Waals surface area contributed by atoms with Gasteiger partial charge in [0.05, 0.1) is 27.2 Å². The Hall–Kier alpha value is -2.40. The molecule has 0 spiro atoms. The van der Waals surface area contributed by atoms with E-state index in [0.29, 0.717) is 11.5 Å². The monoisotopic (exact) mass is 381 g/mol. The minimum atomic E-state index is -0.101. The van der Waals surface area contributed by atoms with Crippen molar-refractivity contribution in [3.05, 3.63) is 47.2 Å². The fraction of sp³-hybridized carbons (Fsp3) is 0.478. The van der Waals surface area contributed by atoms with E-state index in [1.54, 1.807) is 14.2 Å². The van der Waals surface area contributed by atoms with Crippen molar-refractivity contribution >= 4 is 12.0 Å². The number of Topliss-reactive ketones (excluding diaryl/α,β-unsaturated/α-hetero) is 1. The van der Waals surface area contributed by atoms with Crippen LogP contribution in [0.15, 0.2) is 36.1 Å². The number of hydrogen-bond acceptors (Lipinski definition) is 4. The number of ether oxygens (including phenoxy) is 2. The third-order valence-corrected chi connectivity index (χ3v) is 5.98. The minimum absolute atomic E-state index is 0.101. The van der Waals surface area contributed by atoms with Gasteiger partial charge in [-0.05, 0) is 55.6 Å². The van der Waals surface area contributed by atoms with E-state index in [1.807, 2.05) is 12.1 Å². The van der Waals surface area contributed by atoms with Crippen molar-refractivity contribution in [1.82, 2.24) is 4.90 Å². The van der Waals surface area contributed by atoms with Gasteiger partial charge in [0.15, 0.2) is 30.0 Å². The van der Waals surface area contributed by atoms with E-state index in [2.05, 4.69) is 34.0 Å². The van der Waals surface area contributed by atoms with Gasteiger partial charge < -0.3 is 9.47 Å². The second-order valence-corrected chi connectivity index (χ2v) is 7.77. The molecule has 5 heteroatoms. The molecule has 0 radical (unpaired) electrons. The van der Waals surface area contributed by atoms with Gasteiger partial charge in [0, 0.05) is 17.6 Å². The molecule has 1 aromatic rings. The van der Waals surface area contributed by atoms with Crippen LogP contribution < -0.4 is 9.47 Å².